The van der Waals surface area contributed by atoms with Crippen LogP contribution in [0.4, 0.5) is 5.00 Å². The van der Waals surface area contributed by atoms with E-state index < -0.39 is 11.9 Å². The van der Waals surface area contributed by atoms with Crippen molar-refractivity contribution < 1.29 is 14.7 Å². The molecule has 1 amide bonds. The second-order valence-electron chi connectivity index (χ2n) is 6.00. The summed E-state index contributed by atoms with van der Waals surface area (Å²) in [6.45, 7) is 3.89. The van der Waals surface area contributed by atoms with Crippen molar-refractivity contribution in [3.63, 3.8) is 0 Å². The number of thiophene rings is 1. The molecule has 2 aromatic rings. The SMILES string of the molecule is CC=C/C(=C\C(=N)C(=O)Nc1scc(-c2ccc(Cl)cc2)c1C(=O)O)CCC. The molecule has 0 saturated carbocycles. The smallest absolute Gasteiger partial charge is 0.339 e. The molecule has 1 aromatic heterocycles. The maximum absolute atomic E-state index is 12.4. The lowest BCUT2D eigenvalue weighted by molar-refractivity contribution is -0.110. The van der Waals surface area contributed by atoms with Gasteiger partial charge in [0, 0.05) is 16.0 Å². The number of carbonyl (C=O) groups is 2. The van der Waals surface area contributed by atoms with Crippen LogP contribution in [0, 0.1) is 5.41 Å². The van der Waals surface area contributed by atoms with E-state index in [0.717, 1.165) is 29.8 Å². The van der Waals surface area contributed by atoms with Crippen LogP contribution in [0.1, 0.15) is 37.0 Å². The third kappa shape index (κ3) is 5.41. The van der Waals surface area contributed by atoms with E-state index in [1.54, 1.807) is 29.6 Å². The van der Waals surface area contributed by atoms with Crippen molar-refractivity contribution in [2.45, 2.75) is 26.7 Å². The molecule has 0 unspecified atom stereocenters. The third-order valence-corrected chi connectivity index (χ3v) is 5.03. The predicted octanol–water partition coefficient (Wildman–Crippen LogP) is 6.03. The first kappa shape index (κ1) is 21.6. The Morgan fingerprint density at radius 2 is 1.96 bits per heavy atom. The molecule has 0 atom stereocenters. The molecule has 0 saturated heterocycles. The maximum atomic E-state index is 12.4. The van der Waals surface area contributed by atoms with Crippen molar-refractivity contribution in [3.05, 3.63) is 64.0 Å². The summed E-state index contributed by atoms with van der Waals surface area (Å²) in [7, 11) is 0. The first-order chi connectivity index (χ1) is 13.4. The Hall–Kier alpha value is -2.70. The average molecular weight is 417 g/mol. The normalized spacial score (nSPS) is 11.6. The molecule has 0 bridgehead atoms. The van der Waals surface area contributed by atoms with Gasteiger partial charge in [0.15, 0.2) is 0 Å². The molecule has 1 aromatic carbocycles. The first-order valence-corrected chi connectivity index (χ1v) is 9.97. The number of carbonyl (C=O) groups excluding carboxylic acids is 1. The zero-order chi connectivity index (χ0) is 20.7. The Labute approximate surface area is 172 Å². The van der Waals surface area contributed by atoms with Crippen molar-refractivity contribution in [2.75, 3.05) is 5.32 Å². The molecule has 146 valence electrons. The van der Waals surface area contributed by atoms with Crippen LogP contribution >= 0.6 is 22.9 Å². The van der Waals surface area contributed by atoms with Gasteiger partial charge in [-0.2, -0.15) is 0 Å². The zero-order valence-electron chi connectivity index (χ0n) is 15.6. The summed E-state index contributed by atoms with van der Waals surface area (Å²) in [5, 5.41) is 22.6. The van der Waals surface area contributed by atoms with Crippen molar-refractivity contribution in [1.29, 1.82) is 5.41 Å². The Morgan fingerprint density at radius 1 is 1.29 bits per heavy atom. The monoisotopic (exact) mass is 416 g/mol. The minimum atomic E-state index is -1.15. The van der Waals surface area contributed by atoms with E-state index in [-0.39, 0.29) is 16.3 Å². The summed E-state index contributed by atoms with van der Waals surface area (Å²) in [4.78, 5) is 24.2. The van der Waals surface area contributed by atoms with Gasteiger partial charge in [-0.1, -0.05) is 49.2 Å². The van der Waals surface area contributed by atoms with Gasteiger partial charge in [-0.05, 0) is 42.7 Å². The van der Waals surface area contributed by atoms with Crippen LogP contribution in [0.2, 0.25) is 5.02 Å². The van der Waals surface area contributed by atoms with E-state index in [9.17, 15) is 14.7 Å². The van der Waals surface area contributed by atoms with Gasteiger partial charge in [0.05, 0.1) is 0 Å². The van der Waals surface area contributed by atoms with E-state index in [2.05, 4.69) is 5.32 Å². The topological polar surface area (TPSA) is 90.3 Å². The lowest BCUT2D eigenvalue weighted by Gasteiger charge is -2.06. The third-order valence-electron chi connectivity index (χ3n) is 3.88. The molecule has 0 aliphatic rings. The average Bonchev–Trinajstić information content (AvgIpc) is 3.06. The molecule has 3 N–H and O–H groups in total. The highest BCUT2D eigenvalue weighted by Crippen LogP contribution is 2.36. The standard InChI is InChI=1S/C21H21ClN2O3S/c1-3-5-13(6-4-2)11-17(23)19(25)24-20-18(21(26)27)16(12-28-20)14-7-9-15(22)10-8-14/h3,5,7-12,23H,4,6H2,1-2H3,(H,24,25)(H,26,27)/b5-3?,13-11+,23-17?. The number of allylic oxidation sites excluding steroid dienone is 3. The second-order valence-corrected chi connectivity index (χ2v) is 7.32. The Morgan fingerprint density at radius 3 is 2.54 bits per heavy atom. The van der Waals surface area contributed by atoms with Crippen molar-refractivity contribution in [3.8, 4) is 11.1 Å². The Kier molecular flexibility index (Phi) is 7.72. The Bertz CT molecular complexity index is 943. The summed E-state index contributed by atoms with van der Waals surface area (Å²) in [5.74, 6) is -1.80. The van der Waals surface area contributed by atoms with Crippen LogP contribution in [0.25, 0.3) is 11.1 Å². The minimum Gasteiger partial charge on any atom is -0.478 e. The molecule has 2 rings (SSSR count). The van der Waals surface area contributed by atoms with Crippen LogP contribution < -0.4 is 5.32 Å². The molecule has 0 radical (unpaired) electrons. The van der Waals surface area contributed by atoms with Crippen LogP contribution in [0.3, 0.4) is 0 Å². The number of rotatable bonds is 8. The minimum absolute atomic E-state index is 0.000289. The van der Waals surface area contributed by atoms with Crippen LogP contribution in [0.15, 0.2) is 53.4 Å². The van der Waals surface area contributed by atoms with Crippen LogP contribution in [-0.4, -0.2) is 22.7 Å². The summed E-state index contributed by atoms with van der Waals surface area (Å²) >= 11 is 7.00. The molecule has 0 aliphatic carbocycles. The number of carboxylic acids is 1. The summed E-state index contributed by atoms with van der Waals surface area (Å²) < 4.78 is 0. The molecule has 5 nitrogen and oxygen atoms in total. The highest BCUT2D eigenvalue weighted by Gasteiger charge is 2.22. The molecule has 28 heavy (non-hydrogen) atoms. The molecule has 0 aliphatic heterocycles. The largest absolute Gasteiger partial charge is 0.478 e. The van der Waals surface area contributed by atoms with Gasteiger partial charge in [-0.25, -0.2) is 4.79 Å². The maximum Gasteiger partial charge on any atom is 0.339 e. The van der Waals surface area contributed by atoms with Gasteiger partial charge in [0.2, 0.25) is 0 Å². The fraction of sp³-hybridized carbons (Fsp3) is 0.190. The number of halogens is 1. The van der Waals surface area contributed by atoms with E-state index in [1.165, 1.54) is 6.08 Å². The van der Waals surface area contributed by atoms with Crippen LogP contribution in [-0.2, 0) is 4.79 Å². The fourth-order valence-electron chi connectivity index (χ4n) is 2.63. The van der Waals surface area contributed by atoms with Crippen molar-refractivity contribution in [1.82, 2.24) is 0 Å². The van der Waals surface area contributed by atoms with Gasteiger partial charge in [-0.3, -0.25) is 10.2 Å². The summed E-state index contributed by atoms with van der Waals surface area (Å²) in [5.41, 5.74) is 1.83. The van der Waals surface area contributed by atoms with E-state index in [0.29, 0.717) is 16.1 Å². The van der Waals surface area contributed by atoms with E-state index >= 15 is 0 Å². The molecule has 0 spiro atoms. The molecular formula is C21H21ClN2O3S. The number of nitrogens with one attached hydrogen (secondary N) is 2. The molecular weight excluding hydrogens is 396 g/mol. The number of benzene rings is 1. The van der Waals surface area contributed by atoms with Gasteiger partial charge >= 0.3 is 5.97 Å². The quantitative estimate of drug-likeness (QED) is 0.362. The second kappa shape index (κ2) is 10.0. The van der Waals surface area contributed by atoms with Gasteiger partial charge in [0.25, 0.3) is 5.91 Å². The van der Waals surface area contributed by atoms with Gasteiger partial charge < -0.3 is 10.4 Å². The predicted molar refractivity (Wildman–Crippen MR) is 116 cm³/mol. The fourth-order valence-corrected chi connectivity index (χ4v) is 3.71. The van der Waals surface area contributed by atoms with Gasteiger partial charge in [-0.15, -0.1) is 11.3 Å². The van der Waals surface area contributed by atoms with Gasteiger partial charge in [0.1, 0.15) is 16.3 Å². The zero-order valence-corrected chi connectivity index (χ0v) is 17.2. The number of hydrogen-bond acceptors (Lipinski definition) is 4. The number of anilines is 1. The molecule has 7 heteroatoms. The first-order valence-electron chi connectivity index (χ1n) is 8.71. The number of hydrogen-bond donors (Lipinski definition) is 3. The highest BCUT2D eigenvalue weighted by atomic mass is 35.5. The van der Waals surface area contributed by atoms with Crippen LogP contribution in [0.5, 0.6) is 0 Å². The lowest BCUT2D eigenvalue weighted by atomic mass is 10.0. The number of carboxylic acid groups (broad SMARTS) is 1. The number of amides is 1. The molecule has 1 heterocycles. The van der Waals surface area contributed by atoms with E-state index in [1.807, 2.05) is 26.0 Å². The van der Waals surface area contributed by atoms with Crippen molar-refractivity contribution >= 4 is 45.5 Å². The molecule has 0 fully saturated rings. The highest BCUT2D eigenvalue weighted by molar-refractivity contribution is 7.15. The van der Waals surface area contributed by atoms with E-state index in [4.69, 9.17) is 17.0 Å². The Balaban J connectivity index is 2.29. The lowest BCUT2D eigenvalue weighted by Crippen LogP contribution is -2.21. The summed E-state index contributed by atoms with van der Waals surface area (Å²) in [6.07, 6.45) is 6.86. The number of aromatic carboxylic acids is 1. The summed E-state index contributed by atoms with van der Waals surface area (Å²) in [6, 6.07) is 6.80. The van der Waals surface area contributed by atoms with Crippen molar-refractivity contribution in [2.24, 2.45) is 0 Å².